The Morgan fingerprint density at radius 2 is 1.56 bits per heavy atom. The highest BCUT2D eigenvalue weighted by Gasteiger charge is 2.46. The summed E-state index contributed by atoms with van der Waals surface area (Å²) in [6.07, 6.45) is 3.46. The van der Waals surface area contributed by atoms with Gasteiger partial charge in [0.25, 0.3) is 0 Å². The molecular weight excluding hydrogens is 224 g/mol. The summed E-state index contributed by atoms with van der Waals surface area (Å²) in [6, 6.07) is 0.554. The third-order valence-corrected chi connectivity index (χ3v) is 5.27. The van der Waals surface area contributed by atoms with Crippen LogP contribution in [0.2, 0.25) is 6.04 Å². The number of unbranched alkanes of at least 4 members (excludes halogenated alkanes) is 1. The molecule has 0 saturated carbocycles. The highest BCUT2D eigenvalue weighted by molar-refractivity contribution is 6.95. The Bertz CT molecular complexity index is 175. The zero-order valence-electron chi connectivity index (χ0n) is 10.6. The Morgan fingerprint density at radius 3 is 1.88 bits per heavy atom. The van der Waals surface area contributed by atoms with Gasteiger partial charge in [-0.3, -0.25) is 4.79 Å². The minimum atomic E-state index is -3.02. The van der Waals surface area contributed by atoms with Crippen molar-refractivity contribution in [2.45, 2.75) is 52.5 Å². The Morgan fingerprint density at radius 1 is 1.06 bits per heavy atom. The highest BCUT2D eigenvalue weighted by atomic mass is 28.4. The zero-order chi connectivity index (χ0) is 12.4. The topological polar surface area (TPSA) is 55.8 Å². The summed E-state index contributed by atoms with van der Waals surface area (Å²) in [5.74, 6) is 0. The van der Waals surface area contributed by atoms with Crippen LogP contribution in [-0.2, 0) is 8.85 Å². The molecule has 0 rings (SSSR count). The van der Waals surface area contributed by atoms with E-state index in [0.29, 0.717) is 19.3 Å². The van der Waals surface area contributed by atoms with E-state index in [1.54, 1.807) is 0 Å². The third-order valence-electron chi connectivity index (χ3n) is 2.26. The van der Waals surface area contributed by atoms with Crippen molar-refractivity contribution in [1.29, 1.82) is 0 Å². The summed E-state index contributed by atoms with van der Waals surface area (Å²) < 4.78 is 11.1. The van der Waals surface area contributed by atoms with Crippen molar-refractivity contribution in [2.24, 2.45) is 0 Å². The van der Waals surface area contributed by atoms with Crippen LogP contribution in [0.5, 0.6) is 0 Å². The molecule has 0 saturated heterocycles. The predicted octanol–water partition coefficient (Wildman–Crippen LogP) is 3.34. The molecule has 0 aromatic carbocycles. The Labute approximate surface area is 99.2 Å². The standard InChI is InChI=1S/C11H24O4Si/c1-4-7-10-16(11(12)13,14-8-5-2)15-9-6-3/h4-10H2,1-3H3,(H,12,13). The van der Waals surface area contributed by atoms with Crippen LogP contribution in [0.1, 0.15) is 46.5 Å². The van der Waals surface area contributed by atoms with E-state index in [2.05, 4.69) is 0 Å². The quantitative estimate of drug-likeness (QED) is 0.602. The van der Waals surface area contributed by atoms with Crippen LogP contribution in [0.15, 0.2) is 0 Å². The second kappa shape index (κ2) is 8.72. The molecule has 0 aromatic heterocycles. The van der Waals surface area contributed by atoms with E-state index < -0.39 is 14.2 Å². The number of carboxylic acid groups (broad SMARTS) is 1. The maximum Gasteiger partial charge on any atom is 0.462 e. The van der Waals surface area contributed by atoms with E-state index in [4.69, 9.17) is 8.85 Å². The van der Waals surface area contributed by atoms with E-state index >= 15 is 0 Å². The Balaban J connectivity index is 4.52. The summed E-state index contributed by atoms with van der Waals surface area (Å²) >= 11 is 0. The van der Waals surface area contributed by atoms with Crippen molar-refractivity contribution in [3.05, 3.63) is 0 Å². The fourth-order valence-corrected chi connectivity index (χ4v) is 4.08. The third kappa shape index (κ3) is 5.09. The van der Waals surface area contributed by atoms with Crippen LogP contribution in [-0.4, -0.2) is 32.5 Å². The van der Waals surface area contributed by atoms with Gasteiger partial charge in [0.1, 0.15) is 0 Å². The Hall–Kier alpha value is -0.393. The smallest absolute Gasteiger partial charge is 0.462 e. The molecule has 1 N–H and O–H groups in total. The van der Waals surface area contributed by atoms with Crippen LogP contribution in [0.4, 0.5) is 4.79 Å². The molecule has 0 amide bonds. The lowest BCUT2D eigenvalue weighted by atomic mass is 10.4. The van der Waals surface area contributed by atoms with Crippen molar-refractivity contribution >= 4 is 14.2 Å². The second-order valence-corrected chi connectivity index (χ2v) is 6.87. The van der Waals surface area contributed by atoms with Gasteiger partial charge in [0.2, 0.25) is 0 Å². The second-order valence-electron chi connectivity index (χ2n) is 3.86. The summed E-state index contributed by atoms with van der Waals surface area (Å²) in [5, 5.41) is 9.32. The molecule has 0 fully saturated rings. The predicted molar refractivity (Wildman–Crippen MR) is 66.0 cm³/mol. The van der Waals surface area contributed by atoms with Gasteiger partial charge in [-0.2, -0.15) is 0 Å². The SMILES string of the molecule is CCCC[Si](OCCC)(OCCC)C(=O)O. The first-order chi connectivity index (χ1) is 7.63. The first-order valence-electron chi connectivity index (χ1n) is 6.14. The van der Waals surface area contributed by atoms with Crippen molar-refractivity contribution in [1.82, 2.24) is 0 Å². The van der Waals surface area contributed by atoms with Gasteiger partial charge in [-0.05, 0) is 12.8 Å². The van der Waals surface area contributed by atoms with Crippen LogP contribution >= 0.6 is 0 Å². The summed E-state index contributed by atoms with van der Waals surface area (Å²) in [7, 11) is -3.02. The molecule has 0 atom stereocenters. The number of rotatable bonds is 10. The molecule has 96 valence electrons. The monoisotopic (exact) mass is 248 g/mol. The van der Waals surface area contributed by atoms with Gasteiger partial charge in [-0.25, -0.2) is 0 Å². The van der Waals surface area contributed by atoms with Crippen LogP contribution in [0, 0.1) is 0 Å². The number of hydrogen-bond donors (Lipinski definition) is 1. The maximum absolute atomic E-state index is 11.4. The molecule has 0 bridgehead atoms. The van der Waals surface area contributed by atoms with E-state index in [9.17, 15) is 9.90 Å². The molecule has 0 heterocycles. The lowest BCUT2D eigenvalue weighted by Crippen LogP contribution is -2.50. The zero-order valence-corrected chi connectivity index (χ0v) is 11.6. The summed E-state index contributed by atoms with van der Waals surface area (Å²) in [6.45, 7) is 6.94. The van der Waals surface area contributed by atoms with Crippen LogP contribution < -0.4 is 0 Å². The highest BCUT2D eigenvalue weighted by Crippen LogP contribution is 2.19. The molecule has 16 heavy (non-hydrogen) atoms. The minimum Gasteiger partial charge on any atom is -0.481 e. The first-order valence-corrected chi connectivity index (χ1v) is 8.16. The van der Waals surface area contributed by atoms with Crippen molar-refractivity contribution < 1.29 is 18.8 Å². The van der Waals surface area contributed by atoms with Crippen LogP contribution in [0.3, 0.4) is 0 Å². The molecule has 4 nitrogen and oxygen atoms in total. The van der Waals surface area contributed by atoms with Gasteiger partial charge in [-0.15, -0.1) is 0 Å². The minimum absolute atomic E-state index is 0.478. The van der Waals surface area contributed by atoms with Gasteiger partial charge in [0.15, 0.2) is 0 Å². The summed E-state index contributed by atoms with van der Waals surface area (Å²) in [5.41, 5.74) is -0.872. The average molecular weight is 248 g/mol. The Kier molecular flexibility index (Phi) is 8.51. The van der Waals surface area contributed by atoms with E-state index in [0.717, 1.165) is 25.7 Å². The van der Waals surface area contributed by atoms with E-state index in [1.165, 1.54) is 0 Å². The van der Waals surface area contributed by atoms with Crippen molar-refractivity contribution in [3.63, 3.8) is 0 Å². The summed E-state index contributed by atoms with van der Waals surface area (Å²) in [4.78, 5) is 11.4. The lowest BCUT2D eigenvalue weighted by molar-refractivity contribution is 0.147. The first kappa shape index (κ1) is 15.6. The van der Waals surface area contributed by atoms with Gasteiger partial charge in [0.05, 0.1) is 0 Å². The fourth-order valence-electron chi connectivity index (χ4n) is 1.36. The van der Waals surface area contributed by atoms with Crippen LogP contribution in [0.25, 0.3) is 0 Å². The molecular formula is C11H24O4Si. The molecule has 0 aliphatic carbocycles. The molecule has 0 unspecified atom stereocenters. The van der Waals surface area contributed by atoms with E-state index in [1.807, 2.05) is 20.8 Å². The molecule has 0 aliphatic heterocycles. The largest absolute Gasteiger partial charge is 0.481 e. The van der Waals surface area contributed by atoms with Crippen molar-refractivity contribution in [3.8, 4) is 0 Å². The molecule has 0 spiro atoms. The average Bonchev–Trinajstić information content (AvgIpc) is 2.28. The maximum atomic E-state index is 11.4. The number of carbonyl (C=O) groups is 1. The van der Waals surface area contributed by atoms with Gasteiger partial charge in [0, 0.05) is 19.3 Å². The molecule has 0 aromatic rings. The fraction of sp³-hybridized carbons (Fsp3) is 0.909. The normalized spacial score (nSPS) is 11.7. The van der Waals surface area contributed by atoms with Crippen molar-refractivity contribution in [2.75, 3.05) is 13.2 Å². The van der Waals surface area contributed by atoms with E-state index in [-0.39, 0.29) is 0 Å². The number of hydrogen-bond acceptors (Lipinski definition) is 3. The van der Waals surface area contributed by atoms with Gasteiger partial charge < -0.3 is 14.0 Å². The molecule has 0 radical (unpaired) electrons. The molecule has 5 heteroatoms. The molecule has 0 aliphatic rings. The lowest BCUT2D eigenvalue weighted by Gasteiger charge is -2.26. The van der Waals surface area contributed by atoms with Gasteiger partial charge in [-0.1, -0.05) is 33.6 Å². The van der Waals surface area contributed by atoms with Gasteiger partial charge >= 0.3 is 14.2 Å².